The van der Waals surface area contributed by atoms with Crippen molar-refractivity contribution in [2.45, 2.75) is 0 Å². The summed E-state index contributed by atoms with van der Waals surface area (Å²) in [5.74, 6) is 0. The molecule has 2 heterocycles. The number of para-hydroxylation sites is 3. The molecule has 3 nitrogen and oxygen atoms in total. The van der Waals surface area contributed by atoms with Crippen LogP contribution in [-0.4, -0.2) is 4.57 Å². The van der Waals surface area contributed by atoms with Crippen LogP contribution in [-0.2, 0) is 0 Å². The summed E-state index contributed by atoms with van der Waals surface area (Å²) in [6.45, 7) is 0. The van der Waals surface area contributed by atoms with Crippen LogP contribution in [0.2, 0.25) is 0 Å². The third-order valence-corrected chi connectivity index (χ3v) is 11.0. The van der Waals surface area contributed by atoms with E-state index in [4.69, 9.17) is 4.42 Å². The summed E-state index contributed by atoms with van der Waals surface area (Å²) in [5.41, 5.74) is 13.2. The molecule has 0 aliphatic carbocycles. The molecule has 0 aliphatic heterocycles. The van der Waals surface area contributed by atoms with E-state index in [0.717, 1.165) is 55.8 Å². The van der Waals surface area contributed by atoms with Gasteiger partial charge in [0.1, 0.15) is 11.2 Å². The highest BCUT2D eigenvalue weighted by Crippen LogP contribution is 2.44. The molecule has 0 amide bonds. The second-order valence-electron chi connectivity index (χ2n) is 14.1. The SMILES string of the molecule is c1ccc(-c2ccccc2N(c2ccc(-c3cccc4oc5cc6ccccc6cc5c34)cc2)c2ccc3c(c2)c2ccccc2n3-c2ccccc2)cc1. The minimum atomic E-state index is 0.897. The lowest BCUT2D eigenvalue weighted by Crippen LogP contribution is -2.11. The maximum Gasteiger partial charge on any atom is 0.136 e. The van der Waals surface area contributed by atoms with E-state index in [2.05, 4.69) is 216 Å². The number of hydrogen-bond donors (Lipinski definition) is 0. The fraction of sp³-hybridized carbons (Fsp3) is 0. The molecule has 11 rings (SSSR count). The molecule has 0 fully saturated rings. The second-order valence-corrected chi connectivity index (χ2v) is 14.1. The van der Waals surface area contributed by atoms with Crippen molar-refractivity contribution in [3.05, 3.63) is 206 Å². The predicted octanol–water partition coefficient (Wildman–Crippen LogP) is 14.6. The quantitative estimate of drug-likeness (QED) is 0.172. The van der Waals surface area contributed by atoms with Crippen LogP contribution in [0.1, 0.15) is 0 Å². The molecule has 0 saturated heterocycles. The van der Waals surface area contributed by atoms with Crippen LogP contribution in [0.25, 0.3) is 82.5 Å². The molecule has 0 radical (unpaired) electrons. The number of furan rings is 1. The molecular weight excluding hydrogens is 669 g/mol. The number of rotatable bonds is 6. The van der Waals surface area contributed by atoms with E-state index in [1.807, 2.05) is 0 Å². The van der Waals surface area contributed by atoms with Crippen molar-refractivity contribution < 1.29 is 4.42 Å². The van der Waals surface area contributed by atoms with Crippen molar-refractivity contribution in [1.29, 1.82) is 0 Å². The highest BCUT2D eigenvalue weighted by Gasteiger charge is 2.21. The number of benzene rings is 9. The van der Waals surface area contributed by atoms with Gasteiger partial charge in [-0.25, -0.2) is 0 Å². The Morgan fingerprint density at radius 2 is 1.02 bits per heavy atom. The molecule has 2 aromatic heterocycles. The zero-order valence-corrected chi connectivity index (χ0v) is 29.9. The summed E-state index contributed by atoms with van der Waals surface area (Å²) >= 11 is 0. The lowest BCUT2D eigenvalue weighted by Gasteiger charge is -2.28. The Bertz CT molecular complexity index is 3190. The molecule has 0 saturated carbocycles. The third-order valence-electron chi connectivity index (χ3n) is 11.0. The van der Waals surface area contributed by atoms with E-state index in [0.29, 0.717) is 0 Å². The maximum atomic E-state index is 6.44. The first-order valence-corrected chi connectivity index (χ1v) is 18.8. The van der Waals surface area contributed by atoms with Gasteiger partial charge in [0.2, 0.25) is 0 Å². The van der Waals surface area contributed by atoms with Gasteiger partial charge in [-0.2, -0.15) is 0 Å². The first kappa shape index (κ1) is 31.2. The van der Waals surface area contributed by atoms with Gasteiger partial charge in [-0.15, -0.1) is 0 Å². The van der Waals surface area contributed by atoms with Gasteiger partial charge in [-0.05, 0) is 100 Å². The molecule has 258 valence electrons. The molecule has 0 unspecified atom stereocenters. The summed E-state index contributed by atoms with van der Waals surface area (Å²) in [6, 6.07) is 73.9. The fourth-order valence-electron chi connectivity index (χ4n) is 8.46. The normalized spacial score (nSPS) is 11.6. The van der Waals surface area contributed by atoms with E-state index in [1.165, 1.54) is 43.7 Å². The maximum absolute atomic E-state index is 6.44. The predicted molar refractivity (Wildman–Crippen MR) is 231 cm³/mol. The summed E-state index contributed by atoms with van der Waals surface area (Å²) in [7, 11) is 0. The standard InChI is InChI=1S/C52H34N2O/c1-3-14-35(15-4-1)42-20-9-11-23-47(42)53(41-30-31-49-45(34-41)44-21-10-12-24-48(44)54(49)39-18-5-2-6-19-39)40-28-26-36(27-29-40)43-22-13-25-50-52(43)46-32-37-16-7-8-17-38(37)33-51(46)55-50/h1-34H. The third kappa shape index (κ3) is 5.13. The van der Waals surface area contributed by atoms with Crippen molar-refractivity contribution in [1.82, 2.24) is 4.57 Å². The topological polar surface area (TPSA) is 21.3 Å². The van der Waals surface area contributed by atoms with E-state index < -0.39 is 0 Å². The van der Waals surface area contributed by atoms with Crippen molar-refractivity contribution in [3.8, 4) is 27.9 Å². The number of hydrogen-bond acceptors (Lipinski definition) is 2. The Balaban J connectivity index is 1.10. The van der Waals surface area contributed by atoms with Crippen LogP contribution < -0.4 is 4.90 Å². The lowest BCUT2D eigenvalue weighted by molar-refractivity contribution is 0.669. The van der Waals surface area contributed by atoms with Crippen LogP contribution in [0.15, 0.2) is 211 Å². The molecule has 3 heteroatoms. The first-order valence-electron chi connectivity index (χ1n) is 18.8. The summed E-state index contributed by atoms with van der Waals surface area (Å²) < 4.78 is 8.81. The van der Waals surface area contributed by atoms with Crippen LogP contribution in [0.3, 0.4) is 0 Å². The molecule has 55 heavy (non-hydrogen) atoms. The summed E-state index contributed by atoms with van der Waals surface area (Å²) in [6.07, 6.45) is 0. The van der Waals surface area contributed by atoms with E-state index >= 15 is 0 Å². The van der Waals surface area contributed by atoms with Gasteiger partial charge in [0.05, 0.1) is 16.7 Å². The largest absolute Gasteiger partial charge is 0.456 e. The van der Waals surface area contributed by atoms with Crippen molar-refractivity contribution in [2.24, 2.45) is 0 Å². The highest BCUT2D eigenvalue weighted by molar-refractivity contribution is 6.16. The second kappa shape index (κ2) is 12.6. The molecule has 0 atom stereocenters. The molecular formula is C52H34N2O. The zero-order chi connectivity index (χ0) is 36.3. The van der Waals surface area contributed by atoms with Gasteiger partial charge in [0, 0.05) is 44.2 Å². The number of fused-ring (bicyclic) bond motifs is 7. The van der Waals surface area contributed by atoms with Crippen molar-refractivity contribution in [2.75, 3.05) is 4.90 Å². The first-order chi connectivity index (χ1) is 27.3. The Morgan fingerprint density at radius 3 is 1.85 bits per heavy atom. The minimum absolute atomic E-state index is 0.897. The Morgan fingerprint density at radius 1 is 0.382 bits per heavy atom. The summed E-state index contributed by atoms with van der Waals surface area (Å²) in [5, 5.41) is 7.10. The van der Waals surface area contributed by atoms with E-state index in [-0.39, 0.29) is 0 Å². The molecule has 0 aliphatic rings. The monoisotopic (exact) mass is 702 g/mol. The fourth-order valence-corrected chi connectivity index (χ4v) is 8.46. The average molecular weight is 703 g/mol. The van der Waals surface area contributed by atoms with Gasteiger partial charge < -0.3 is 13.9 Å². The van der Waals surface area contributed by atoms with Gasteiger partial charge in [-0.1, -0.05) is 133 Å². The Kier molecular flexibility index (Phi) is 7.17. The van der Waals surface area contributed by atoms with Crippen LogP contribution in [0.5, 0.6) is 0 Å². The Labute approximate surface area is 318 Å². The lowest BCUT2D eigenvalue weighted by atomic mass is 9.97. The van der Waals surface area contributed by atoms with E-state index in [9.17, 15) is 0 Å². The highest BCUT2D eigenvalue weighted by atomic mass is 16.3. The van der Waals surface area contributed by atoms with Crippen LogP contribution in [0, 0.1) is 0 Å². The van der Waals surface area contributed by atoms with Gasteiger partial charge in [-0.3, -0.25) is 0 Å². The molecule has 0 bridgehead atoms. The number of nitrogens with zero attached hydrogens (tertiary/aromatic N) is 2. The van der Waals surface area contributed by atoms with Gasteiger partial charge in [0.15, 0.2) is 0 Å². The zero-order valence-electron chi connectivity index (χ0n) is 29.9. The number of aromatic nitrogens is 1. The van der Waals surface area contributed by atoms with Crippen molar-refractivity contribution in [3.63, 3.8) is 0 Å². The number of anilines is 3. The molecule has 0 N–H and O–H groups in total. The van der Waals surface area contributed by atoms with Gasteiger partial charge >= 0.3 is 0 Å². The van der Waals surface area contributed by atoms with Crippen LogP contribution >= 0.6 is 0 Å². The van der Waals surface area contributed by atoms with Gasteiger partial charge in [0.25, 0.3) is 0 Å². The Hall–Kier alpha value is -7.36. The van der Waals surface area contributed by atoms with Crippen molar-refractivity contribution >= 4 is 71.6 Å². The molecule has 9 aromatic carbocycles. The average Bonchev–Trinajstić information content (AvgIpc) is 3.79. The minimum Gasteiger partial charge on any atom is -0.456 e. The molecule has 11 aromatic rings. The van der Waals surface area contributed by atoms with E-state index in [1.54, 1.807) is 0 Å². The smallest absolute Gasteiger partial charge is 0.136 e. The molecule has 0 spiro atoms. The summed E-state index contributed by atoms with van der Waals surface area (Å²) in [4.78, 5) is 2.40. The van der Waals surface area contributed by atoms with Crippen LogP contribution in [0.4, 0.5) is 17.1 Å².